The van der Waals surface area contributed by atoms with Crippen LogP contribution in [0.1, 0.15) is 45.4 Å². The summed E-state index contributed by atoms with van der Waals surface area (Å²) in [6.45, 7) is 3.88. The average molecular weight is 376 g/mol. The molecule has 0 radical (unpaired) electrons. The molecular formula is C15H22F2N4O5. The molecule has 1 fully saturated rings. The lowest BCUT2D eigenvalue weighted by Crippen LogP contribution is -2.50. The number of hydrogen-bond acceptors (Lipinski definition) is 6. The summed E-state index contributed by atoms with van der Waals surface area (Å²) in [5.74, 6) is -3.35. The van der Waals surface area contributed by atoms with Crippen LogP contribution in [0.3, 0.4) is 0 Å². The maximum atomic E-state index is 14.3. The molecule has 1 amide bonds. The highest BCUT2D eigenvalue weighted by molar-refractivity contribution is 5.68. The SMILES string of the molecule is Cn1ncc([N+](=O)[O-])c1[C@@H]1CCC(NC(=O)OC(C)(C)C)C(F)(F)CO1. The van der Waals surface area contributed by atoms with Gasteiger partial charge < -0.3 is 14.8 Å². The molecule has 11 heteroatoms. The Labute approximate surface area is 148 Å². The van der Waals surface area contributed by atoms with E-state index < -0.39 is 41.3 Å². The number of ether oxygens (including phenoxy) is 2. The van der Waals surface area contributed by atoms with Gasteiger partial charge in [-0.25, -0.2) is 13.6 Å². The van der Waals surface area contributed by atoms with Crippen molar-refractivity contribution in [2.24, 2.45) is 7.05 Å². The van der Waals surface area contributed by atoms with E-state index >= 15 is 0 Å². The van der Waals surface area contributed by atoms with Crippen LogP contribution < -0.4 is 5.32 Å². The lowest BCUT2D eigenvalue weighted by Gasteiger charge is -2.27. The number of alkyl halides is 2. The van der Waals surface area contributed by atoms with Crippen LogP contribution in [0, 0.1) is 10.1 Å². The third kappa shape index (κ3) is 4.65. The summed E-state index contributed by atoms with van der Waals surface area (Å²) in [5.41, 5.74) is -0.999. The third-order valence-electron chi connectivity index (χ3n) is 3.86. The Morgan fingerprint density at radius 3 is 2.73 bits per heavy atom. The van der Waals surface area contributed by atoms with Crippen LogP contribution in [-0.4, -0.2) is 45.0 Å². The number of nitrogens with zero attached hydrogens (tertiary/aromatic N) is 3. The molecule has 9 nitrogen and oxygen atoms in total. The van der Waals surface area contributed by atoms with E-state index in [1.165, 1.54) is 11.7 Å². The van der Waals surface area contributed by atoms with Gasteiger partial charge in [-0.15, -0.1) is 0 Å². The molecule has 0 bridgehead atoms. The van der Waals surface area contributed by atoms with E-state index in [-0.39, 0.29) is 24.2 Å². The third-order valence-corrected chi connectivity index (χ3v) is 3.86. The summed E-state index contributed by atoms with van der Waals surface area (Å²) in [7, 11) is 1.48. The fraction of sp³-hybridized carbons (Fsp3) is 0.733. The number of aromatic nitrogens is 2. The summed E-state index contributed by atoms with van der Waals surface area (Å²) in [6, 6.07) is -1.50. The summed E-state index contributed by atoms with van der Waals surface area (Å²) in [5, 5.41) is 17.1. The first-order valence-electron chi connectivity index (χ1n) is 8.06. The van der Waals surface area contributed by atoms with Crippen LogP contribution in [-0.2, 0) is 16.5 Å². The second-order valence-electron chi connectivity index (χ2n) is 7.13. The number of halogens is 2. The summed E-state index contributed by atoms with van der Waals surface area (Å²) in [6.07, 6.45) is -0.917. The number of alkyl carbamates (subject to hydrolysis) is 1. The number of carbonyl (C=O) groups is 1. The largest absolute Gasteiger partial charge is 0.444 e. The van der Waals surface area contributed by atoms with Crippen molar-refractivity contribution in [2.45, 2.75) is 57.3 Å². The second kappa shape index (κ2) is 7.14. The minimum atomic E-state index is -3.35. The topological polar surface area (TPSA) is 109 Å². The van der Waals surface area contributed by atoms with Gasteiger partial charge in [0.2, 0.25) is 0 Å². The molecule has 1 aliphatic rings. The van der Waals surface area contributed by atoms with E-state index in [0.717, 1.165) is 6.20 Å². The molecule has 2 atom stereocenters. The summed E-state index contributed by atoms with van der Waals surface area (Å²) in [4.78, 5) is 22.3. The van der Waals surface area contributed by atoms with Gasteiger partial charge >= 0.3 is 11.8 Å². The molecule has 1 saturated heterocycles. The molecule has 0 saturated carbocycles. The van der Waals surface area contributed by atoms with Crippen molar-refractivity contribution in [1.29, 1.82) is 0 Å². The fourth-order valence-corrected chi connectivity index (χ4v) is 2.72. The fourth-order valence-electron chi connectivity index (χ4n) is 2.72. The molecule has 1 aromatic heterocycles. The van der Waals surface area contributed by atoms with Gasteiger partial charge in [0.05, 0.1) is 11.0 Å². The van der Waals surface area contributed by atoms with Gasteiger partial charge in [0.15, 0.2) is 0 Å². The molecule has 26 heavy (non-hydrogen) atoms. The molecule has 2 rings (SSSR count). The maximum absolute atomic E-state index is 14.3. The zero-order chi connectivity index (χ0) is 19.7. The first-order valence-corrected chi connectivity index (χ1v) is 8.06. The zero-order valence-corrected chi connectivity index (χ0v) is 15.0. The van der Waals surface area contributed by atoms with E-state index in [0.29, 0.717) is 0 Å². The van der Waals surface area contributed by atoms with Crippen molar-refractivity contribution in [1.82, 2.24) is 15.1 Å². The van der Waals surface area contributed by atoms with Crippen molar-refractivity contribution in [3.63, 3.8) is 0 Å². The van der Waals surface area contributed by atoms with Gasteiger partial charge in [0.1, 0.15) is 30.2 Å². The van der Waals surface area contributed by atoms with E-state index in [1.54, 1.807) is 20.8 Å². The van der Waals surface area contributed by atoms with Gasteiger partial charge in [0, 0.05) is 7.05 Å². The van der Waals surface area contributed by atoms with Crippen molar-refractivity contribution >= 4 is 11.8 Å². The van der Waals surface area contributed by atoms with Crippen LogP contribution in [0.5, 0.6) is 0 Å². The number of hydrogen-bond donors (Lipinski definition) is 1. The highest BCUT2D eigenvalue weighted by atomic mass is 19.3. The molecule has 0 spiro atoms. The van der Waals surface area contributed by atoms with Crippen molar-refractivity contribution in [3.05, 3.63) is 22.0 Å². The van der Waals surface area contributed by atoms with Gasteiger partial charge in [-0.1, -0.05) is 0 Å². The van der Waals surface area contributed by atoms with Crippen LogP contribution in [0.2, 0.25) is 0 Å². The highest BCUT2D eigenvalue weighted by Gasteiger charge is 2.45. The van der Waals surface area contributed by atoms with Gasteiger partial charge in [-0.05, 0) is 33.6 Å². The Morgan fingerprint density at radius 1 is 1.50 bits per heavy atom. The van der Waals surface area contributed by atoms with Crippen LogP contribution in [0.4, 0.5) is 19.3 Å². The number of nitro groups is 1. The Balaban J connectivity index is 2.15. The maximum Gasteiger partial charge on any atom is 0.408 e. The molecule has 1 aliphatic heterocycles. The summed E-state index contributed by atoms with van der Waals surface area (Å²) < 4.78 is 40.2. The highest BCUT2D eigenvalue weighted by Crippen LogP contribution is 2.37. The van der Waals surface area contributed by atoms with Crippen molar-refractivity contribution in [3.8, 4) is 0 Å². The monoisotopic (exact) mass is 376 g/mol. The molecule has 0 aromatic carbocycles. The molecule has 2 heterocycles. The van der Waals surface area contributed by atoms with Crippen LogP contribution in [0.25, 0.3) is 0 Å². The number of amides is 1. The number of nitrogens with one attached hydrogen (secondary N) is 1. The van der Waals surface area contributed by atoms with Gasteiger partial charge in [-0.2, -0.15) is 5.10 Å². The number of carbonyl (C=O) groups excluding carboxylic acids is 1. The standard InChI is InChI=1S/C15H22F2N4O5/c1-14(2,3)26-13(22)19-11-6-5-10(25-8-15(11,16)17)12-9(21(23)24)7-18-20(12)4/h7,10-11H,5-6,8H2,1-4H3,(H,19,22)/t10-,11?/m0/s1. The summed E-state index contributed by atoms with van der Waals surface area (Å²) >= 11 is 0. The first-order chi connectivity index (χ1) is 11.9. The minimum Gasteiger partial charge on any atom is -0.444 e. The number of rotatable bonds is 3. The first kappa shape index (κ1) is 20.0. The van der Waals surface area contributed by atoms with E-state index in [9.17, 15) is 23.7 Å². The average Bonchev–Trinajstić information content (AvgIpc) is 2.79. The predicted octanol–water partition coefficient (Wildman–Crippen LogP) is 2.71. The number of aryl methyl sites for hydroxylation is 1. The second-order valence-corrected chi connectivity index (χ2v) is 7.13. The lowest BCUT2D eigenvalue weighted by molar-refractivity contribution is -0.386. The molecule has 1 aromatic rings. The Bertz CT molecular complexity index is 686. The normalized spacial score (nSPS) is 23.2. The minimum absolute atomic E-state index is 0.0520. The van der Waals surface area contributed by atoms with Gasteiger partial charge in [-0.3, -0.25) is 14.8 Å². The molecular weight excluding hydrogens is 354 g/mol. The van der Waals surface area contributed by atoms with Crippen molar-refractivity contribution < 1.29 is 28.0 Å². The molecule has 1 unspecified atom stereocenters. The Morgan fingerprint density at radius 2 is 2.15 bits per heavy atom. The molecule has 0 aliphatic carbocycles. The smallest absolute Gasteiger partial charge is 0.408 e. The quantitative estimate of drug-likeness (QED) is 0.642. The van der Waals surface area contributed by atoms with Crippen LogP contribution in [0.15, 0.2) is 6.20 Å². The lowest BCUT2D eigenvalue weighted by atomic mass is 10.0. The van der Waals surface area contributed by atoms with E-state index in [2.05, 4.69) is 10.4 Å². The predicted molar refractivity (Wildman–Crippen MR) is 85.9 cm³/mol. The zero-order valence-electron chi connectivity index (χ0n) is 15.0. The van der Waals surface area contributed by atoms with E-state index in [1.807, 2.05) is 0 Å². The van der Waals surface area contributed by atoms with Crippen LogP contribution >= 0.6 is 0 Å². The molecule has 1 N–H and O–H groups in total. The molecule has 146 valence electrons. The van der Waals surface area contributed by atoms with Crippen molar-refractivity contribution in [2.75, 3.05) is 6.61 Å². The van der Waals surface area contributed by atoms with Gasteiger partial charge in [0.25, 0.3) is 5.92 Å². The Kier molecular flexibility index (Phi) is 5.49. The van der Waals surface area contributed by atoms with E-state index in [4.69, 9.17) is 9.47 Å². The Hall–Kier alpha value is -2.30.